The minimum atomic E-state index is -0.459. The lowest BCUT2D eigenvalue weighted by atomic mass is 10.0. The molecule has 3 nitrogen and oxygen atoms in total. The maximum absolute atomic E-state index is 10.1. The van der Waals surface area contributed by atoms with Crippen LogP contribution in [0, 0.1) is 13.8 Å². The number of thiazole rings is 1. The summed E-state index contributed by atoms with van der Waals surface area (Å²) in [6.45, 7) is 5.35. The van der Waals surface area contributed by atoms with E-state index in [9.17, 15) is 5.11 Å². The Labute approximate surface area is 112 Å². The third-order valence-corrected chi connectivity index (χ3v) is 3.95. The number of nitrogens with zero attached hydrogens (tertiary/aromatic N) is 1. The maximum atomic E-state index is 10.1. The van der Waals surface area contributed by atoms with Crippen LogP contribution in [0.4, 0.5) is 0 Å². The molecule has 1 heterocycles. The van der Waals surface area contributed by atoms with E-state index < -0.39 is 6.10 Å². The van der Waals surface area contributed by atoms with Gasteiger partial charge >= 0.3 is 0 Å². The molecular weight excluding hydrogens is 244 g/mol. The second kappa shape index (κ2) is 6.09. The van der Waals surface area contributed by atoms with E-state index in [4.69, 9.17) is 0 Å². The average molecular weight is 262 g/mol. The molecule has 0 amide bonds. The lowest BCUT2D eigenvalue weighted by molar-refractivity contribution is 0.173. The summed E-state index contributed by atoms with van der Waals surface area (Å²) < 4.78 is 0. The highest BCUT2D eigenvalue weighted by atomic mass is 32.1. The molecule has 4 heteroatoms. The van der Waals surface area contributed by atoms with E-state index in [-0.39, 0.29) is 0 Å². The number of rotatable bonds is 5. The van der Waals surface area contributed by atoms with Crippen LogP contribution in [0.2, 0.25) is 0 Å². The molecule has 2 rings (SSSR count). The van der Waals surface area contributed by atoms with Gasteiger partial charge in [0.1, 0.15) is 0 Å². The molecule has 18 heavy (non-hydrogen) atoms. The van der Waals surface area contributed by atoms with Gasteiger partial charge in [0, 0.05) is 18.0 Å². The Morgan fingerprint density at radius 1 is 1.33 bits per heavy atom. The Hall–Kier alpha value is -1.23. The molecule has 0 bridgehead atoms. The zero-order valence-electron chi connectivity index (χ0n) is 10.7. The van der Waals surface area contributed by atoms with E-state index in [1.165, 1.54) is 4.88 Å². The first kappa shape index (κ1) is 13.2. The summed E-state index contributed by atoms with van der Waals surface area (Å²) in [6.07, 6.45) is -0.459. The Bertz CT molecular complexity index is 510. The van der Waals surface area contributed by atoms with Crippen molar-refractivity contribution < 1.29 is 5.11 Å². The zero-order valence-corrected chi connectivity index (χ0v) is 11.5. The predicted octanol–water partition coefficient (Wildman–Crippen LogP) is 2.58. The lowest BCUT2D eigenvalue weighted by Gasteiger charge is -2.14. The quantitative estimate of drug-likeness (QED) is 0.870. The molecule has 2 aromatic rings. The van der Waals surface area contributed by atoms with Crippen molar-refractivity contribution in [1.82, 2.24) is 10.3 Å². The lowest BCUT2D eigenvalue weighted by Crippen LogP contribution is -2.21. The van der Waals surface area contributed by atoms with Crippen molar-refractivity contribution in [3.8, 4) is 0 Å². The third kappa shape index (κ3) is 3.16. The van der Waals surface area contributed by atoms with Crippen LogP contribution < -0.4 is 5.32 Å². The largest absolute Gasteiger partial charge is 0.387 e. The molecule has 1 atom stereocenters. The Kier molecular flexibility index (Phi) is 4.47. The van der Waals surface area contributed by atoms with Crippen molar-refractivity contribution in [2.24, 2.45) is 0 Å². The molecule has 0 aliphatic carbocycles. The Morgan fingerprint density at radius 3 is 2.78 bits per heavy atom. The summed E-state index contributed by atoms with van der Waals surface area (Å²) in [5.41, 5.74) is 5.04. The topological polar surface area (TPSA) is 45.1 Å². The number of aromatic nitrogens is 1. The standard InChI is InChI=1S/C14H18N2OS/c1-10-5-3-4-6-12(10)13(17)7-15-8-14-11(2)16-9-18-14/h3-6,9,13,15,17H,7-8H2,1-2H3. The minimum Gasteiger partial charge on any atom is -0.387 e. The number of aryl methyl sites for hydroxylation is 2. The molecule has 1 unspecified atom stereocenters. The van der Waals surface area contributed by atoms with Crippen LogP contribution in [0.15, 0.2) is 29.8 Å². The van der Waals surface area contributed by atoms with Gasteiger partial charge in [-0.25, -0.2) is 4.98 Å². The highest BCUT2D eigenvalue weighted by Gasteiger charge is 2.09. The molecule has 0 saturated carbocycles. The van der Waals surface area contributed by atoms with Gasteiger partial charge in [-0.15, -0.1) is 11.3 Å². The fourth-order valence-corrected chi connectivity index (χ4v) is 2.64. The molecule has 1 aromatic heterocycles. The van der Waals surface area contributed by atoms with Crippen molar-refractivity contribution in [3.63, 3.8) is 0 Å². The molecule has 0 radical (unpaired) electrons. The van der Waals surface area contributed by atoms with E-state index in [0.29, 0.717) is 6.54 Å². The van der Waals surface area contributed by atoms with Crippen molar-refractivity contribution >= 4 is 11.3 Å². The summed E-state index contributed by atoms with van der Waals surface area (Å²) in [4.78, 5) is 5.43. The van der Waals surface area contributed by atoms with E-state index >= 15 is 0 Å². The van der Waals surface area contributed by atoms with Crippen LogP contribution in [0.1, 0.15) is 27.8 Å². The highest BCUT2D eigenvalue weighted by molar-refractivity contribution is 7.09. The van der Waals surface area contributed by atoms with Crippen molar-refractivity contribution in [3.05, 3.63) is 51.5 Å². The van der Waals surface area contributed by atoms with Crippen molar-refractivity contribution in [2.45, 2.75) is 26.5 Å². The predicted molar refractivity (Wildman–Crippen MR) is 74.7 cm³/mol. The molecular formula is C14H18N2OS. The smallest absolute Gasteiger partial charge is 0.0917 e. The molecule has 0 saturated heterocycles. The second-order valence-corrected chi connectivity index (χ2v) is 5.30. The third-order valence-electron chi connectivity index (χ3n) is 3.02. The highest BCUT2D eigenvalue weighted by Crippen LogP contribution is 2.17. The first-order chi connectivity index (χ1) is 8.68. The van der Waals surface area contributed by atoms with Crippen LogP contribution >= 0.6 is 11.3 Å². The molecule has 0 aliphatic heterocycles. The first-order valence-electron chi connectivity index (χ1n) is 6.01. The normalized spacial score (nSPS) is 12.6. The van der Waals surface area contributed by atoms with Crippen LogP contribution in [0.5, 0.6) is 0 Å². The summed E-state index contributed by atoms with van der Waals surface area (Å²) in [5, 5.41) is 13.4. The van der Waals surface area contributed by atoms with Gasteiger partial charge in [0.2, 0.25) is 0 Å². The number of aliphatic hydroxyl groups excluding tert-OH is 1. The van der Waals surface area contributed by atoms with Gasteiger partial charge in [0.25, 0.3) is 0 Å². The van der Waals surface area contributed by atoms with Gasteiger partial charge < -0.3 is 10.4 Å². The fourth-order valence-electron chi connectivity index (χ4n) is 1.89. The van der Waals surface area contributed by atoms with Crippen LogP contribution in [0.25, 0.3) is 0 Å². The summed E-state index contributed by atoms with van der Waals surface area (Å²) in [6, 6.07) is 7.93. The fraction of sp³-hybridized carbons (Fsp3) is 0.357. The number of aliphatic hydroxyl groups is 1. The molecule has 0 fully saturated rings. The van der Waals surface area contributed by atoms with Crippen LogP contribution in [-0.2, 0) is 6.54 Å². The van der Waals surface area contributed by atoms with Crippen LogP contribution in [0.3, 0.4) is 0 Å². The van der Waals surface area contributed by atoms with E-state index in [2.05, 4.69) is 10.3 Å². The zero-order chi connectivity index (χ0) is 13.0. The number of nitrogens with one attached hydrogen (secondary N) is 1. The second-order valence-electron chi connectivity index (χ2n) is 4.36. The SMILES string of the molecule is Cc1ccccc1C(O)CNCc1scnc1C. The Morgan fingerprint density at radius 2 is 2.11 bits per heavy atom. The summed E-state index contributed by atoms with van der Waals surface area (Å²) >= 11 is 1.64. The van der Waals surface area contributed by atoms with E-state index in [1.54, 1.807) is 11.3 Å². The van der Waals surface area contributed by atoms with Gasteiger partial charge in [-0.05, 0) is 25.0 Å². The molecule has 0 aliphatic rings. The summed E-state index contributed by atoms with van der Waals surface area (Å²) in [5.74, 6) is 0. The van der Waals surface area contributed by atoms with Gasteiger partial charge in [-0.2, -0.15) is 0 Å². The average Bonchev–Trinajstić information content (AvgIpc) is 2.75. The summed E-state index contributed by atoms with van der Waals surface area (Å²) in [7, 11) is 0. The molecule has 1 aromatic carbocycles. The van der Waals surface area contributed by atoms with E-state index in [0.717, 1.165) is 23.4 Å². The van der Waals surface area contributed by atoms with Gasteiger partial charge in [-0.3, -0.25) is 0 Å². The minimum absolute atomic E-state index is 0.459. The number of benzene rings is 1. The van der Waals surface area contributed by atoms with Crippen molar-refractivity contribution in [1.29, 1.82) is 0 Å². The Balaban J connectivity index is 1.87. The number of hydrogen-bond donors (Lipinski definition) is 2. The van der Waals surface area contributed by atoms with Crippen molar-refractivity contribution in [2.75, 3.05) is 6.54 Å². The first-order valence-corrected chi connectivity index (χ1v) is 6.89. The maximum Gasteiger partial charge on any atom is 0.0917 e. The van der Waals surface area contributed by atoms with E-state index in [1.807, 2.05) is 43.6 Å². The van der Waals surface area contributed by atoms with Crippen LogP contribution in [-0.4, -0.2) is 16.6 Å². The molecule has 0 spiro atoms. The van der Waals surface area contributed by atoms with Gasteiger partial charge in [-0.1, -0.05) is 24.3 Å². The van der Waals surface area contributed by atoms with Gasteiger partial charge in [0.05, 0.1) is 17.3 Å². The van der Waals surface area contributed by atoms with Gasteiger partial charge in [0.15, 0.2) is 0 Å². The molecule has 96 valence electrons. The molecule has 2 N–H and O–H groups in total. The number of hydrogen-bond acceptors (Lipinski definition) is 4. The monoisotopic (exact) mass is 262 g/mol.